The van der Waals surface area contributed by atoms with Crippen LogP contribution < -0.4 is 5.32 Å². The van der Waals surface area contributed by atoms with Gasteiger partial charge in [0.2, 0.25) is 0 Å². The fourth-order valence-electron chi connectivity index (χ4n) is 3.36. The van der Waals surface area contributed by atoms with E-state index in [1.54, 1.807) is 0 Å². The van der Waals surface area contributed by atoms with E-state index in [0.717, 1.165) is 12.0 Å². The third-order valence-electron chi connectivity index (χ3n) is 4.66. The Bertz CT molecular complexity index is 228. The molecule has 0 bridgehead atoms. The lowest BCUT2D eigenvalue weighted by Gasteiger charge is -2.29. The second kappa shape index (κ2) is 6.88. The molecule has 3 atom stereocenters. The number of nitrogens with zero attached hydrogens (tertiary/aromatic N) is 2. The summed E-state index contributed by atoms with van der Waals surface area (Å²) < 4.78 is 0. The second-order valence-corrected chi connectivity index (χ2v) is 6.60. The highest BCUT2D eigenvalue weighted by molar-refractivity contribution is 4.85. The lowest BCUT2D eigenvalue weighted by molar-refractivity contribution is 0.197. The van der Waals surface area contributed by atoms with Crippen molar-refractivity contribution in [1.82, 2.24) is 15.1 Å². The highest BCUT2D eigenvalue weighted by Gasteiger charge is 2.25. The van der Waals surface area contributed by atoms with Crippen molar-refractivity contribution < 1.29 is 0 Å². The molecule has 18 heavy (non-hydrogen) atoms. The molecule has 0 saturated carbocycles. The number of rotatable bonds is 5. The van der Waals surface area contributed by atoms with Crippen LogP contribution in [0.4, 0.5) is 0 Å². The SMILES string of the molecule is CC(CNC1CC(C)N(C)C1)CN1CCCCC1. The largest absolute Gasteiger partial charge is 0.312 e. The lowest BCUT2D eigenvalue weighted by Crippen LogP contribution is -2.40. The van der Waals surface area contributed by atoms with E-state index >= 15 is 0 Å². The van der Waals surface area contributed by atoms with E-state index in [1.807, 2.05) is 0 Å². The van der Waals surface area contributed by atoms with Gasteiger partial charge in [-0.1, -0.05) is 13.3 Å². The zero-order valence-electron chi connectivity index (χ0n) is 12.5. The summed E-state index contributed by atoms with van der Waals surface area (Å²) in [6.07, 6.45) is 5.57. The fraction of sp³-hybridized carbons (Fsp3) is 1.00. The van der Waals surface area contributed by atoms with Gasteiger partial charge in [-0.05, 0) is 58.8 Å². The van der Waals surface area contributed by atoms with Gasteiger partial charge in [0.15, 0.2) is 0 Å². The third kappa shape index (κ3) is 4.22. The van der Waals surface area contributed by atoms with Gasteiger partial charge in [0.25, 0.3) is 0 Å². The summed E-state index contributed by atoms with van der Waals surface area (Å²) in [4.78, 5) is 5.12. The van der Waals surface area contributed by atoms with Crippen LogP contribution in [-0.2, 0) is 0 Å². The Kier molecular flexibility index (Phi) is 5.46. The van der Waals surface area contributed by atoms with Gasteiger partial charge >= 0.3 is 0 Å². The zero-order valence-corrected chi connectivity index (χ0v) is 12.5. The summed E-state index contributed by atoms with van der Waals surface area (Å²) in [5.41, 5.74) is 0. The predicted molar refractivity (Wildman–Crippen MR) is 78.0 cm³/mol. The monoisotopic (exact) mass is 253 g/mol. The number of nitrogens with one attached hydrogen (secondary N) is 1. The first kappa shape index (κ1) is 14.3. The van der Waals surface area contributed by atoms with Gasteiger partial charge in [0.05, 0.1) is 0 Å². The van der Waals surface area contributed by atoms with Gasteiger partial charge in [0.1, 0.15) is 0 Å². The van der Waals surface area contributed by atoms with E-state index in [0.29, 0.717) is 6.04 Å². The molecule has 0 aromatic carbocycles. The van der Waals surface area contributed by atoms with Gasteiger partial charge in [0, 0.05) is 25.2 Å². The molecule has 0 radical (unpaired) electrons. The predicted octanol–water partition coefficient (Wildman–Crippen LogP) is 1.79. The molecule has 3 heteroatoms. The molecule has 106 valence electrons. The minimum atomic E-state index is 0.716. The normalized spacial score (nSPS) is 32.8. The van der Waals surface area contributed by atoms with E-state index in [2.05, 4.69) is 36.0 Å². The maximum Gasteiger partial charge on any atom is 0.0209 e. The van der Waals surface area contributed by atoms with Crippen molar-refractivity contribution in [2.75, 3.05) is 39.8 Å². The van der Waals surface area contributed by atoms with Gasteiger partial charge in [-0.2, -0.15) is 0 Å². The molecule has 2 heterocycles. The maximum atomic E-state index is 3.76. The topological polar surface area (TPSA) is 18.5 Å². The molecule has 0 spiro atoms. The molecule has 2 saturated heterocycles. The van der Waals surface area contributed by atoms with Gasteiger partial charge in [-0.25, -0.2) is 0 Å². The molecule has 2 aliphatic heterocycles. The van der Waals surface area contributed by atoms with Crippen molar-refractivity contribution >= 4 is 0 Å². The highest BCUT2D eigenvalue weighted by Crippen LogP contribution is 2.15. The summed E-state index contributed by atoms with van der Waals surface area (Å²) >= 11 is 0. The third-order valence-corrected chi connectivity index (χ3v) is 4.66. The minimum absolute atomic E-state index is 0.716. The molecule has 2 fully saturated rings. The molecular formula is C15H31N3. The van der Waals surface area contributed by atoms with E-state index in [4.69, 9.17) is 0 Å². The average Bonchev–Trinajstić information content (AvgIpc) is 2.68. The average molecular weight is 253 g/mol. The zero-order chi connectivity index (χ0) is 13.0. The van der Waals surface area contributed by atoms with Crippen LogP contribution in [0.3, 0.4) is 0 Å². The summed E-state index contributed by atoms with van der Waals surface area (Å²) in [5, 5.41) is 3.76. The van der Waals surface area contributed by atoms with Gasteiger partial charge in [-0.15, -0.1) is 0 Å². The Morgan fingerprint density at radius 3 is 2.56 bits per heavy atom. The maximum absolute atomic E-state index is 3.76. The Morgan fingerprint density at radius 2 is 1.94 bits per heavy atom. The quantitative estimate of drug-likeness (QED) is 0.806. The minimum Gasteiger partial charge on any atom is -0.312 e. The van der Waals surface area contributed by atoms with Crippen molar-refractivity contribution in [3.05, 3.63) is 0 Å². The number of likely N-dealkylation sites (tertiary alicyclic amines) is 2. The van der Waals surface area contributed by atoms with E-state index < -0.39 is 0 Å². The molecule has 0 amide bonds. The van der Waals surface area contributed by atoms with Gasteiger partial charge < -0.3 is 15.1 Å². The van der Waals surface area contributed by atoms with Crippen LogP contribution in [0.2, 0.25) is 0 Å². The van der Waals surface area contributed by atoms with Crippen molar-refractivity contribution in [1.29, 1.82) is 0 Å². The Morgan fingerprint density at radius 1 is 1.22 bits per heavy atom. The number of hydrogen-bond acceptors (Lipinski definition) is 3. The lowest BCUT2D eigenvalue weighted by atomic mass is 10.1. The van der Waals surface area contributed by atoms with Crippen molar-refractivity contribution in [3.63, 3.8) is 0 Å². The summed E-state index contributed by atoms with van der Waals surface area (Å²) in [7, 11) is 2.24. The van der Waals surface area contributed by atoms with Crippen molar-refractivity contribution in [2.45, 2.75) is 51.6 Å². The molecule has 2 rings (SSSR count). The standard InChI is InChI=1S/C15H31N3/c1-13(11-18-7-5-4-6-8-18)10-16-15-9-14(2)17(3)12-15/h13-16H,4-12H2,1-3H3. The molecular weight excluding hydrogens is 222 g/mol. The fourth-order valence-corrected chi connectivity index (χ4v) is 3.36. The first-order valence-corrected chi connectivity index (χ1v) is 7.81. The van der Waals surface area contributed by atoms with E-state index in [-0.39, 0.29) is 0 Å². The molecule has 0 aromatic heterocycles. The van der Waals surface area contributed by atoms with Crippen molar-refractivity contribution in [2.24, 2.45) is 5.92 Å². The summed E-state index contributed by atoms with van der Waals surface area (Å²) in [6, 6.07) is 1.47. The van der Waals surface area contributed by atoms with Crippen LogP contribution in [0.1, 0.15) is 39.5 Å². The molecule has 1 N–H and O–H groups in total. The summed E-state index contributed by atoms with van der Waals surface area (Å²) in [5.74, 6) is 0.782. The van der Waals surface area contributed by atoms with Crippen LogP contribution in [0, 0.1) is 5.92 Å². The first-order chi connectivity index (χ1) is 8.65. The molecule has 0 aliphatic carbocycles. The van der Waals surface area contributed by atoms with Crippen LogP contribution in [0.15, 0.2) is 0 Å². The van der Waals surface area contributed by atoms with E-state index in [1.165, 1.54) is 58.4 Å². The van der Waals surface area contributed by atoms with Crippen LogP contribution in [0.25, 0.3) is 0 Å². The Hall–Kier alpha value is -0.120. The number of piperidine rings is 1. The molecule has 3 nitrogen and oxygen atoms in total. The molecule has 2 aliphatic rings. The summed E-state index contributed by atoms with van der Waals surface area (Å²) in [6.45, 7) is 11.1. The van der Waals surface area contributed by atoms with Crippen LogP contribution in [-0.4, -0.2) is 61.7 Å². The van der Waals surface area contributed by atoms with Crippen LogP contribution in [0.5, 0.6) is 0 Å². The number of likely N-dealkylation sites (N-methyl/N-ethyl adjacent to an activating group) is 1. The van der Waals surface area contributed by atoms with Crippen molar-refractivity contribution in [3.8, 4) is 0 Å². The molecule has 3 unspecified atom stereocenters. The van der Waals surface area contributed by atoms with E-state index in [9.17, 15) is 0 Å². The molecule has 0 aromatic rings. The smallest absolute Gasteiger partial charge is 0.0209 e. The highest BCUT2D eigenvalue weighted by atomic mass is 15.2. The Balaban J connectivity index is 1.61. The Labute approximate surface area is 113 Å². The second-order valence-electron chi connectivity index (χ2n) is 6.60. The van der Waals surface area contributed by atoms with Gasteiger partial charge in [-0.3, -0.25) is 0 Å². The first-order valence-electron chi connectivity index (χ1n) is 7.81. The van der Waals surface area contributed by atoms with Crippen LogP contribution >= 0.6 is 0 Å². The number of hydrogen-bond donors (Lipinski definition) is 1.